The molecule has 120 valence electrons. The van der Waals surface area contributed by atoms with Crippen molar-refractivity contribution < 1.29 is 4.74 Å². The van der Waals surface area contributed by atoms with Crippen LogP contribution in [0.25, 0.3) is 0 Å². The van der Waals surface area contributed by atoms with E-state index in [2.05, 4.69) is 47.6 Å². The molecular weight excluding hydrogens is 284 g/mol. The van der Waals surface area contributed by atoms with Gasteiger partial charge in [-0.1, -0.05) is 6.92 Å². The van der Waals surface area contributed by atoms with Crippen molar-refractivity contribution in [2.45, 2.75) is 45.5 Å². The fourth-order valence-electron chi connectivity index (χ4n) is 1.56. The highest BCUT2D eigenvalue weighted by molar-refractivity contribution is 7.99. The predicted octanol–water partition coefficient (Wildman–Crippen LogP) is 3.39. The van der Waals surface area contributed by atoms with E-state index in [1.807, 2.05) is 24.8 Å². The molecule has 1 rings (SSSR count). The quantitative estimate of drug-likeness (QED) is 0.690. The molecular formula is C15H28N4OS. The molecule has 0 aliphatic heterocycles. The van der Waals surface area contributed by atoms with Crippen LogP contribution in [0, 0.1) is 0 Å². The van der Waals surface area contributed by atoms with Crippen LogP contribution in [0.3, 0.4) is 0 Å². The Morgan fingerprint density at radius 3 is 2.43 bits per heavy atom. The average molecular weight is 312 g/mol. The highest BCUT2D eigenvalue weighted by Gasteiger charge is 2.16. The van der Waals surface area contributed by atoms with E-state index in [1.165, 1.54) is 0 Å². The number of ether oxygens (including phenoxy) is 1. The Labute approximate surface area is 132 Å². The third kappa shape index (κ3) is 7.00. The van der Waals surface area contributed by atoms with Crippen LogP contribution in [0.1, 0.15) is 39.9 Å². The molecule has 21 heavy (non-hydrogen) atoms. The summed E-state index contributed by atoms with van der Waals surface area (Å²) in [6.45, 7) is 11.4. The maximum absolute atomic E-state index is 5.42. The number of rotatable bonds is 10. The summed E-state index contributed by atoms with van der Waals surface area (Å²) >= 11 is 1.84. The van der Waals surface area contributed by atoms with Crippen molar-refractivity contribution in [3.63, 3.8) is 0 Å². The van der Waals surface area contributed by atoms with Crippen LogP contribution in [-0.2, 0) is 11.3 Å². The number of thioether (sulfide) groups is 1. The maximum Gasteiger partial charge on any atom is 0.158 e. The van der Waals surface area contributed by atoms with Gasteiger partial charge in [-0.25, -0.2) is 9.97 Å². The third-order valence-corrected chi connectivity index (χ3v) is 4.26. The molecule has 1 aromatic rings. The van der Waals surface area contributed by atoms with Gasteiger partial charge in [0.15, 0.2) is 5.82 Å². The van der Waals surface area contributed by atoms with E-state index < -0.39 is 0 Å². The van der Waals surface area contributed by atoms with Crippen molar-refractivity contribution in [3.05, 3.63) is 11.9 Å². The highest BCUT2D eigenvalue weighted by Crippen LogP contribution is 2.22. The molecule has 0 aliphatic carbocycles. The Hall–Kier alpha value is -1.01. The summed E-state index contributed by atoms with van der Waals surface area (Å²) in [4.78, 5) is 9.00. The second kappa shape index (κ2) is 9.10. The van der Waals surface area contributed by atoms with Crippen molar-refractivity contribution in [1.29, 1.82) is 0 Å². The number of anilines is 2. The number of nitrogens with zero attached hydrogens (tertiary/aromatic N) is 2. The van der Waals surface area contributed by atoms with Gasteiger partial charge in [-0.05, 0) is 33.4 Å². The lowest BCUT2D eigenvalue weighted by Gasteiger charge is -2.22. The first kappa shape index (κ1) is 18.0. The minimum Gasteiger partial charge on any atom is -0.374 e. The molecule has 2 N–H and O–H groups in total. The van der Waals surface area contributed by atoms with E-state index in [-0.39, 0.29) is 4.75 Å². The largest absolute Gasteiger partial charge is 0.374 e. The van der Waals surface area contributed by atoms with Crippen LogP contribution in [0.15, 0.2) is 6.07 Å². The zero-order valence-electron chi connectivity index (χ0n) is 13.8. The summed E-state index contributed by atoms with van der Waals surface area (Å²) in [5, 5.41) is 6.71. The lowest BCUT2D eigenvalue weighted by molar-refractivity contribution is 0.128. The zero-order valence-corrected chi connectivity index (χ0v) is 14.6. The lowest BCUT2D eigenvalue weighted by atomic mass is 10.2. The van der Waals surface area contributed by atoms with E-state index in [0.717, 1.165) is 31.1 Å². The summed E-state index contributed by atoms with van der Waals surface area (Å²) in [6.07, 6.45) is 3.18. The molecule has 0 atom stereocenters. The minimum atomic E-state index is 0.169. The second-order valence-electron chi connectivity index (χ2n) is 5.44. The van der Waals surface area contributed by atoms with Crippen LogP contribution >= 0.6 is 11.8 Å². The van der Waals surface area contributed by atoms with Crippen LogP contribution in [0.5, 0.6) is 0 Å². The van der Waals surface area contributed by atoms with Gasteiger partial charge < -0.3 is 15.4 Å². The molecule has 0 spiro atoms. The van der Waals surface area contributed by atoms with Crippen molar-refractivity contribution in [2.24, 2.45) is 0 Å². The molecule has 0 unspecified atom stereocenters. The molecule has 1 heterocycles. The van der Waals surface area contributed by atoms with Gasteiger partial charge in [-0.2, -0.15) is 11.8 Å². The van der Waals surface area contributed by atoms with Gasteiger partial charge in [0.1, 0.15) is 18.2 Å². The molecule has 0 fully saturated rings. The molecule has 0 radical (unpaired) electrons. The molecule has 0 amide bonds. The maximum atomic E-state index is 5.42. The summed E-state index contributed by atoms with van der Waals surface area (Å²) in [7, 11) is 0. The first-order valence-electron chi connectivity index (χ1n) is 7.49. The van der Waals surface area contributed by atoms with E-state index in [0.29, 0.717) is 19.0 Å². The van der Waals surface area contributed by atoms with Crippen LogP contribution < -0.4 is 10.6 Å². The SMILES string of the molecule is CCCNc1cc(NCC(C)(C)SC)nc(COCC)n1. The van der Waals surface area contributed by atoms with Crippen molar-refractivity contribution in [2.75, 3.05) is 36.6 Å². The van der Waals surface area contributed by atoms with Gasteiger partial charge in [0.25, 0.3) is 0 Å². The number of aromatic nitrogens is 2. The molecule has 0 saturated heterocycles. The number of hydrogen-bond acceptors (Lipinski definition) is 6. The summed E-state index contributed by atoms with van der Waals surface area (Å²) in [5.41, 5.74) is 0. The van der Waals surface area contributed by atoms with E-state index in [4.69, 9.17) is 4.74 Å². The van der Waals surface area contributed by atoms with Gasteiger partial charge in [-0.3, -0.25) is 0 Å². The van der Waals surface area contributed by atoms with Gasteiger partial charge in [0.2, 0.25) is 0 Å². The first-order valence-corrected chi connectivity index (χ1v) is 8.71. The van der Waals surface area contributed by atoms with Crippen LogP contribution in [0.4, 0.5) is 11.6 Å². The molecule has 1 aromatic heterocycles. The predicted molar refractivity (Wildman–Crippen MR) is 92.2 cm³/mol. The Balaban J connectivity index is 2.79. The smallest absolute Gasteiger partial charge is 0.158 e. The summed E-state index contributed by atoms with van der Waals surface area (Å²) < 4.78 is 5.58. The fraction of sp³-hybridized carbons (Fsp3) is 0.733. The van der Waals surface area contributed by atoms with E-state index in [9.17, 15) is 0 Å². The number of nitrogens with one attached hydrogen (secondary N) is 2. The van der Waals surface area contributed by atoms with Crippen molar-refractivity contribution in [1.82, 2.24) is 9.97 Å². The minimum absolute atomic E-state index is 0.169. The number of hydrogen-bond donors (Lipinski definition) is 2. The Kier molecular flexibility index (Phi) is 7.82. The molecule has 0 aliphatic rings. The summed E-state index contributed by atoms with van der Waals surface area (Å²) in [6, 6.07) is 1.96. The second-order valence-corrected chi connectivity index (χ2v) is 6.95. The highest BCUT2D eigenvalue weighted by atomic mass is 32.2. The molecule has 6 heteroatoms. The fourth-order valence-corrected chi connectivity index (χ4v) is 1.78. The summed E-state index contributed by atoms with van der Waals surface area (Å²) in [5.74, 6) is 2.41. The zero-order chi connectivity index (χ0) is 15.7. The normalized spacial score (nSPS) is 11.5. The van der Waals surface area contributed by atoms with Crippen molar-refractivity contribution in [3.8, 4) is 0 Å². The molecule has 0 saturated carbocycles. The lowest BCUT2D eigenvalue weighted by Crippen LogP contribution is -2.26. The monoisotopic (exact) mass is 312 g/mol. The Morgan fingerprint density at radius 2 is 1.86 bits per heavy atom. The van der Waals surface area contributed by atoms with Crippen LogP contribution in [0.2, 0.25) is 0 Å². The van der Waals surface area contributed by atoms with E-state index in [1.54, 1.807) is 0 Å². The van der Waals surface area contributed by atoms with Crippen LogP contribution in [-0.4, -0.2) is 40.7 Å². The Bertz CT molecular complexity index is 400. The third-order valence-electron chi connectivity index (χ3n) is 3.01. The van der Waals surface area contributed by atoms with Gasteiger partial charge in [0, 0.05) is 30.5 Å². The average Bonchev–Trinajstić information content (AvgIpc) is 2.49. The van der Waals surface area contributed by atoms with Crippen molar-refractivity contribution >= 4 is 23.4 Å². The van der Waals surface area contributed by atoms with Gasteiger partial charge >= 0.3 is 0 Å². The van der Waals surface area contributed by atoms with Gasteiger partial charge in [-0.15, -0.1) is 0 Å². The van der Waals surface area contributed by atoms with E-state index >= 15 is 0 Å². The first-order chi connectivity index (χ1) is 10.0. The molecule has 0 bridgehead atoms. The topological polar surface area (TPSA) is 59.1 Å². The molecule has 0 aromatic carbocycles. The standard InChI is InChI=1S/C15H28N4OS/c1-6-8-16-12-9-13(17-11-15(3,4)21-5)19-14(18-12)10-20-7-2/h9H,6-8,10-11H2,1-5H3,(H2,16,17,18,19). The Morgan fingerprint density at radius 1 is 1.19 bits per heavy atom. The molecule has 5 nitrogen and oxygen atoms in total. The van der Waals surface area contributed by atoms with Gasteiger partial charge in [0.05, 0.1) is 0 Å².